The van der Waals surface area contributed by atoms with E-state index in [0.717, 1.165) is 50.3 Å². The van der Waals surface area contributed by atoms with E-state index in [2.05, 4.69) is 78.4 Å². The highest BCUT2D eigenvalue weighted by molar-refractivity contribution is 9.10. The van der Waals surface area contributed by atoms with Crippen molar-refractivity contribution in [2.75, 3.05) is 35.6 Å². The van der Waals surface area contributed by atoms with Crippen molar-refractivity contribution in [2.45, 2.75) is 117 Å². The molecule has 3 fully saturated rings. The first kappa shape index (κ1) is 91.6. The van der Waals surface area contributed by atoms with Crippen LogP contribution in [0.2, 0.25) is 10.0 Å². The van der Waals surface area contributed by atoms with E-state index in [9.17, 15) is 56.3 Å². The molecule has 5 N–H and O–H groups in total. The predicted octanol–water partition coefficient (Wildman–Crippen LogP) is 17.2. The summed E-state index contributed by atoms with van der Waals surface area (Å²) in [6, 6.07) is 37.4. The molecule has 4 aliphatic rings. The molecule has 1 aliphatic carbocycles. The number of halogens is 8. The van der Waals surface area contributed by atoms with Crippen molar-refractivity contribution < 1.29 is 65.1 Å². The number of amides is 6. The van der Waals surface area contributed by atoms with Gasteiger partial charge < -0.3 is 45.5 Å². The van der Waals surface area contributed by atoms with E-state index in [1.54, 1.807) is 170 Å². The lowest BCUT2D eigenvalue weighted by Gasteiger charge is -2.24. The minimum absolute atomic E-state index is 0.107. The van der Waals surface area contributed by atoms with Crippen molar-refractivity contribution in [1.29, 1.82) is 0 Å². The van der Waals surface area contributed by atoms with Gasteiger partial charge in [-0.25, -0.2) is 56.8 Å². The second kappa shape index (κ2) is 38.8. The van der Waals surface area contributed by atoms with Gasteiger partial charge in [0.15, 0.2) is 34.8 Å². The van der Waals surface area contributed by atoms with Crippen LogP contribution < -0.4 is 21.7 Å². The first-order valence-corrected chi connectivity index (χ1v) is 43.6. The number of nitrogens with one attached hydrogen (secondary N) is 3. The van der Waals surface area contributed by atoms with Gasteiger partial charge >= 0.3 is 0 Å². The van der Waals surface area contributed by atoms with Crippen LogP contribution in [0.5, 0.6) is 0 Å². The number of Topliss-reactive ketones (excluding diaryl/α,β-unsaturated/α-hetero) is 3. The van der Waals surface area contributed by atoms with Gasteiger partial charge in [-0.15, -0.1) is 0 Å². The molecule has 35 heteroatoms. The average Bonchev–Trinajstić information content (AvgIpc) is 1.69. The number of benzene rings is 7. The third-order valence-corrected chi connectivity index (χ3v) is 24.6. The Kier molecular flexibility index (Phi) is 26.7. The number of hydrogen-bond acceptors (Lipinski definition) is 18. The highest BCUT2D eigenvalue weighted by Crippen LogP contribution is 2.41. The van der Waals surface area contributed by atoms with Crippen molar-refractivity contribution in [2.24, 2.45) is 5.73 Å². The van der Waals surface area contributed by atoms with E-state index in [0.29, 0.717) is 98.5 Å². The summed E-state index contributed by atoms with van der Waals surface area (Å²) in [6.45, 7) is 9.92. The van der Waals surface area contributed by atoms with Crippen LogP contribution in [0.3, 0.4) is 0 Å². The molecule has 0 radical (unpaired) electrons. The number of anilines is 3. The lowest BCUT2D eigenvalue weighted by atomic mass is 9.99. The third kappa shape index (κ3) is 19.6. The van der Waals surface area contributed by atoms with E-state index in [4.69, 9.17) is 28.9 Å². The Morgan fingerprint density at radius 3 is 1.39 bits per heavy atom. The summed E-state index contributed by atoms with van der Waals surface area (Å²) in [5.41, 5.74) is 16.3. The number of aryl methyl sites for hydroxylation is 2. The lowest BCUT2D eigenvalue weighted by Crippen LogP contribution is -2.44. The Balaban J connectivity index is 0.000000146. The SMILES string of the molecule is C=C(N)c1ncc(-c2ccc3c(c2)c(C(C)=O)cn3CC(=O)N2C[C@H](F)C[C@H]2C(=O)Nc2cccc(Br)n2)cn1.CC(=O)c1cn(CC(=O)N2C[C@H](F)C[C@H]2C(=O)Nc2cccc(-c3ccccc3Cl)c2F)c2ccc(-c3cnc(C)nc3)cc12.CC(=O)c1nn(CC(=O)N2C[C@H](F)C[C@H]2C(=O)Nc2cccc(-c3ccc4c(c3Cl)C=CC4)c2F)c2ccc(-c3cnc(C)nc3)cc12. The van der Waals surface area contributed by atoms with Crippen molar-refractivity contribution in [3.05, 3.63) is 280 Å². The van der Waals surface area contributed by atoms with Crippen LogP contribution in [-0.4, -0.2) is 178 Å². The molecule has 7 aromatic carbocycles. The molecule has 674 valence electrons. The summed E-state index contributed by atoms with van der Waals surface area (Å²) in [4.78, 5) is 151. The molecule has 6 atom stereocenters. The fourth-order valence-electron chi connectivity index (χ4n) is 16.8. The summed E-state index contributed by atoms with van der Waals surface area (Å²) in [5, 5.41) is 14.8. The Morgan fingerprint density at radius 2 is 0.925 bits per heavy atom. The average molecular weight is 1900 g/mol. The predicted molar refractivity (Wildman–Crippen MR) is 499 cm³/mol. The van der Waals surface area contributed by atoms with Gasteiger partial charge in [0.2, 0.25) is 35.4 Å². The standard InChI is InChI=1S/C36H29ClF2N6O3.C34H28ClF2N5O3.C28H25BrFN7O3/c1-19(46)35-28-13-22(23-15-40-20(2)41-16-23)10-12-30(28)45(43-35)18-32(47)44-17-24(38)14-31(44)36(48)42-29-8-4-7-27(34(29)39)26-11-9-21-5-3-6-25(21)33(26)37;1-19(43)27-17-41(30-11-10-21(12-26(27)30)22-14-38-20(2)39-15-22)18-32(44)42-16-23(36)13-31(42)34(45)40-29-9-5-7-25(33(29)37)24-6-3-4-8-28(24)35;1-15(31)27-32-10-18(11-33-27)17-6-7-22-20(8-17)21(16(2)38)13-36(22)14-26(39)37-12-19(30)9-23(37)28(40)35-25-5-3-4-24(29)34-25/h3-4,6-13,15-16,24,31H,5,14,17-18H2,1-2H3,(H,42,48);3-12,14-15,17,23,31H,13,16,18H2,1-2H3,(H,40,45);3-8,10-11,13,19,23H,1,9,12,14,31H2,2H3,(H,34,35,40)/t24-,31+;23-,31+;19-,23+/m111/s1. The van der Waals surface area contributed by atoms with Gasteiger partial charge in [0.1, 0.15) is 84.0 Å². The summed E-state index contributed by atoms with van der Waals surface area (Å²) < 4.78 is 80.5. The van der Waals surface area contributed by atoms with E-state index >= 15 is 8.78 Å². The van der Waals surface area contributed by atoms with Crippen LogP contribution in [0.1, 0.15) is 99.8 Å². The zero-order chi connectivity index (χ0) is 94.1. The van der Waals surface area contributed by atoms with Gasteiger partial charge in [-0.3, -0.25) is 47.8 Å². The Morgan fingerprint density at radius 1 is 0.489 bits per heavy atom. The molecular weight excluding hydrogens is 1820 g/mol. The quantitative estimate of drug-likeness (QED) is 0.0295. The molecule has 0 bridgehead atoms. The van der Waals surface area contributed by atoms with Gasteiger partial charge in [0, 0.05) is 158 Å². The largest absolute Gasteiger partial charge is 0.396 e. The van der Waals surface area contributed by atoms with Gasteiger partial charge in [-0.05, 0) is 145 Å². The molecule has 18 rings (SSSR count). The third-order valence-electron chi connectivity index (χ3n) is 23.4. The lowest BCUT2D eigenvalue weighted by molar-refractivity contribution is -0.137. The van der Waals surface area contributed by atoms with Gasteiger partial charge in [0.05, 0.1) is 47.2 Å². The molecule has 0 unspecified atom stereocenters. The number of nitrogens with zero attached hydrogens (tertiary/aromatic N) is 14. The van der Waals surface area contributed by atoms with Crippen molar-refractivity contribution in [3.8, 4) is 55.6 Å². The minimum Gasteiger partial charge on any atom is -0.396 e. The Hall–Kier alpha value is -14.7. The first-order valence-electron chi connectivity index (χ1n) is 42.1. The fourth-order valence-corrected chi connectivity index (χ4v) is 17.8. The molecule has 0 saturated carbocycles. The highest BCUT2D eigenvalue weighted by Gasteiger charge is 2.44. The van der Waals surface area contributed by atoms with Crippen LogP contribution in [0.4, 0.5) is 39.1 Å². The van der Waals surface area contributed by atoms with Crippen LogP contribution in [-0.2, 0) is 54.8 Å². The Bertz CT molecular complexity index is 7100. The second-order valence-corrected chi connectivity index (χ2v) is 34.1. The maximum Gasteiger partial charge on any atom is 0.248 e. The molecule has 10 heterocycles. The van der Waals surface area contributed by atoms with Gasteiger partial charge in [-0.2, -0.15) is 5.10 Å². The number of likely N-dealkylation sites (tertiary alicyclic amines) is 3. The molecule has 27 nitrogen and oxygen atoms in total. The molecule has 6 amide bonds. The van der Waals surface area contributed by atoms with Crippen LogP contribution in [0.15, 0.2) is 212 Å². The number of carbonyl (C=O) groups excluding carboxylic acids is 9. The number of carbonyl (C=O) groups is 9. The molecule has 7 aromatic heterocycles. The molecular formula is C98H82BrCl2F5N18O9. The number of nitrogens with two attached hydrogens (primary N) is 1. The van der Waals surface area contributed by atoms with Crippen molar-refractivity contribution in [3.63, 3.8) is 0 Å². The highest BCUT2D eigenvalue weighted by atomic mass is 79.9. The van der Waals surface area contributed by atoms with Crippen molar-refractivity contribution in [1.82, 2.24) is 68.5 Å². The van der Waals surface area contributed by atoms with E-state index < -0.39 is 83.7 Å². The zero-order valence-corrected chi connectivity index (χ0v) is 75.0. The summed E-state index contributed by atoms with van der Waals surface area (Å²) in [7, 11) is 0. The van der Waals surface area contributed by atoms with Crippen LogP contribution in [0, 0.1) is 25.5 Å². The number of alkyl halides is 3. The number of hydrogen-bond donors (Lipinski definition) is 4. The first-order chi connectivity index (χ1) is 63.8. The number of pyridine rings is 1. The van der Waals surface area contributed by atoms with Gasteiger partial charge in [-0.1, -0.05) is 121 Å². The second-order valence-electron chi connectivity index (χ2n) is 32.5. The summed E-state index contributed by atoms with van der Waals surface area (Å²) in [6.07, 6.45) is 13.0. The molecule has 14 aromatic rings. The fraction of sp³-hybridized carbons (Fsp3) is 0.214. The monoisotopic (exact) mass is 1900 g/mol. The number of allylic oxidation sites excluding steroid dienone is 1. The Labute approximate surface area is 775 Å². The van der Waals surface area contributed by atoms with Crippen LogP contribution >= 0.6 is 39.1 Å². The smallest absolute Gasteiger partial charge is 0.248 e. The summed E-state index contributed by atoms with van der Waals surface area (Å²) >= 11 is 16.1. The number of fused-ring (bicyclic) bond motifs is 4. The molecule has 133 heavy (non-hydrogen) atoms. The molecule has 3 saturated heterocycles. The van der Waals surface area contributed by atoms with E-state index in [1.807, 2.05) is 48.6 Å². The number of aromatic nitrogens is 11. The summed E-state index contributed by atoms with van der Waals surface area (Å²) in [5.74, 6) is -3.64. The normalized spacial score (nSPS) is 16.6. The maximum atomic E-state index is 15.8. The minimum atomic E-state index is -1.46. The molecule has 0 spiro atoms. The molecule has 3 aliphatic heterocycles. The topological polar surface area (TPSA) is 343 Å². The van der Waals surface area contributed by atoms with Gasteiger partial charge in [0.25, 0.3) is 0 Å². The van der Waals surface area contributed by atoms with Crippen molar-refractivity contribution >= 4 is 154 Å². The van der Waals surface area contributed by atoms with E-state index in [-0.39, 0.29) is 110 Å². The maximum absolute atomic E-state index is 15.8. The number of rotatable bonds is 21. The number of ketones is 3. The zero-order valence-electron chi connectivity index (χ0n) is 71.9. The van der Waals surface area contributed by atoms with E-state index in [1.165, 1.54) is 47.4 Å². The van der Waals surface area contributed by atoms with Crippen LogP contribution in [0.25, 0.3) is 100 Å².